The van der Waals surface area contributed by atoms with Crippen molar-refractivity contribution in [2.45, 2.75) is 70.3 Å². The molecular weight excluding hydrogens is 636 g/mol. The fraction of sp³-hybridized carbons (Fsp3) is 0.342. The molecule has 0 fully saturated rings. The second-order valence-corrected chi connectivity index (χ2v) is 12.4. The molecule has 264 valence electrons. The molecule has 0 aliphatic heterocycles. The Hall–Kier alpha value is -5.49. The highest BCUT2D eigenvalue weighted by Crippen LogP contribution is 2.18. The SMILES string of the molecule is CC(=O)N[C@H](C(=O)NCCCC[C@H](NC(=O)c1c[nH]c2ccccc12)C(=O)N[C@@H](Cc1ccccc1)C(=O)N(C)Cc1ccccc1)[C@@H](C)O. The van der Waals surface area contributed by atoms with E-state index in [1.165, 1.54) is 13.8 Å². The lowest BCUT2D eigenvalue weighted by Gasteiger charge is -2.27. The van der Waals surface area contributed by atoms with Crippen molar-refractivity contribution in [1.82, 2.24) is 31.2 Å². The van der Waals surface area contributed by atoms with E-state index < -0.39 is 47.9 Å². The molecule has 0 radical (unpaired) electrons. The molecule has 3 aromatic carbocycles. The molecule has 6 N–H and O–H groups in total. The Labute approximate surface area is 292 Å². The summed E-state index contributed by atoms with van der Waals surface area (Å²) in [5.41, 5.74) is 2.97. The van der Waals surface area contributed by atoms with Gasteiger partial charge in [0.2, 0.25) is 23.6 Å². The second-order valence-electron chi connectivity index (χ2n) is 12.4. The number of unbranched alkanes of at least 4 members (excludes halogenated alkanes) is 1. The van der Waals surface area contributed by atoms with Gasteiger partial charge in [-0.25, -0.2) is 0 Å². The van der Waals surface area contributed by atoms with E-state index in [1.807, 2.05) is 84.9 Å². The number of H-pyrrole nitrogens is 1. The summed E-state index contributed by atoms with van der Waals surface area (Å²) in [7, 11) is 1.69. The Bertz CT molecular complexity index is 1740. The average molecular weight is 683 g/mol. The van der Waals surface area contributed by atoms with Gasteiger partial charge in [-0.05, 0) is 43.4 Å². The van der Waals surface area contributed by atoms with Gasteiger partial charge in [-0.3, -0.25) is 24.0 Å². The Morgan fingerprint density at radius 1 is 0.780 bits per heavy atom. The van der Waals surface area contributed by atoms with Gasteiger partial charge in [0.15, 0.2) is 0 Å². The molecule has 0 spiro atoms. The van der Waals surface area contributed by atoms with Crippen LogP contribution in [0.2, 0.25) is 0 Å². The van der Waals surface area contributed by atoms with Crippen LogP contribution in [0.1, 0.15) is 54.6 Å². The number of rotatable bonds is 17. The van der Waals surface area contributed by atoms with Gasteiger partial charge in [-0.15, -0.1) is 0 Å². The molecule has 50 heavy (non-hydrogen) atoms. The largest absolute Gasteiger partial charge is 0.391 e. The maximum atomic E-state index is 14.0. The quantitative estimate of drug-likeness (QED) is 0.0935. The lowest BCUT2D eigenvalue weighted by molar-refractivity contribution is -0.136. The number of carbonyl (C=O) groups is 5. The van der Waals surface area contributed by atoms with Crippen molar-refractivity contribution >= 4 is 40.4 Å². The number of aromatic amines is 1. The molecule has 0 saturated heterocycles. The summed E-state index contributed by atoms with van der Waals surface area (Å²) in [6.45, 7) is 3.24. The van der Waals surface area contributed by atoms with Crippen LogP contribution >= 0.6 is 0 Å². The maximum Gasteiger partial charge on any atom is 0.254 e. The van der Waals surface area contributed by atoms with Crippen LogP contribution in [-0.2, 0) is 32.1 Å². The van der Waals surface area contributed by atoms with E-state index in [-0.39, 0.29) is 25.3 Å². The number of aliphatic hydroxyl groups excluding tert-OH is 1. The van der Waals surface area contributed by atoms with Crippen molar-refractivity contribution in [3.05, 3.63) is 108 Å². The summed E-state index contributed by atoms with van der Waals surface area (Å²) in [5.74, 6) is -2.20. The number of para-hydroxylation sites is 1. The van der Waals surface area contributed by atoms with Crippen LogP contribution in [0, 0.1) is 0 Å². The topological polar surface area (TPSA) is 173 Å². The lowest BCUT2D eigenvalue weighted by atomic mass is 10.0. The molecule has 5 amide bonds. The molecule has 0 unspecified atom stereocenters. The zero-order valence-corrected chi connectivity index (χ0v) is 28.6. The van der Waals surface area contributed by atoms with Gasteiger partial charge in [0, 0.05) is 50.6 Å². The minimum Gasteiger partial charge on any atom is -0.391 e. The smallest absolute Gasteiger partial charge is 0.254 e. The minimum atomic E-state index is -1.10. The maximum absolute atomic E-state index is 14.0. The number of fused-ring (bicyclic) bond motifs is 1. The molecule has 12 nitrogen and oxygen atoms in total. The molecule has 0 bridgehead atoms. The van der Waals surface area contributed by atoms with Crippen LogP contribution < -0.4 is 21.3 Å². The number of carbonyl (C=O) groups excluding carboxylic acids is 5. The third-order valence-electron chi connectivity index (χ3n) is 8.33. The summed E-state index contributed by atoms with van der Waals surface area (Å²) in [4.78, 5) is 70.1. The molecule has 0 saturated carbocycles. The van der Waals surface area contributed by atoms with E-state index in [9.17, 15) is 29.1 Å². The molecular formula is C38H46N6O6. The van der Waals surface area contributed by atoms with E-state index in [1.54, 1.807) is 18.1 Å². The van der Waals surface area contributed by atoms with Gasteiger partial charge >= 0.3 is 0 Å². The zero-order chi connectivity index (χ0) is 36.0. The van der Waals surface area contributed by atoms with Gasteiger partial charge in [0.25, 0.3) is 5.91 Å². The Morgan fingerprint density at radius 3 is 2.08 bits per heavy atom. The van der Waals surface area contributed by atoms with Gasteiger partial charge in [-0.1, -0.05) is 78.9 Å². The first-order chi connectivity index (χ1) is 24.0. The molecule has 0 aliphatic carbocycles. The number of hydrogen-bond acceptors (Lipinski definition) is 6. The highest BCUT2D eigenvalue weighted by molar-refractivity contribution is 6.08. The van der Waals surface area contributed by atoms with E-state index in [0.29, 0.717) is 30.3 Å². The first-order valence-corrected chi connectivity index (χ1v) is 16.8. The highest BCUT2D eigenvalue weighted by atomic mass is 16.3. The van der Waals surface area contributed by atoms with E-state index in [4.69, 9.17) is 0 Å². The molecule has 4 atom stereocenters. The standard InChI is InChI=1S/C38H46N6O6/c1-25(45)34(41-26(2)46)37(49)39-21-13-12-20-32(42-35(47)30-23-40-31-19-11-10-18-29(30)31)36(48)43-33(22-27-14-6-4-7-15-27)38(50)44(3)24-28-16-8-5-9-17-28/h4-11,14-19,23,25,32-34,40,45H,12-13,20-22,24H2,1-3H3,(H,39,49)(H,41,46)(H,42,47)(H,43,48)/t25-,32+,33+,34+/m1/s1. The molecule has 1 aromatic heterocycles. The van der Waals surface area contributed by atoms with E-state index in [0.717, 1.165) is 16.6 Å². The third-order valence-corrected chi connectivity index (χ3v) is 8.33. The third kappa shape index (κ3) is 10.8. The molecule has 1 heterocycles. The number of aromatic nitrogens is 1. The van der Waals surface area contributed by atoms with Crippen LogP contribution in [0.5, 0.6) is 0 Å². The van der Waals surface area contributed by atoms with Crippen LogP contribution in [0.25, 0.3) is 10.9 Å². The molecule has 0 aliphatic rings. The molecule has 12 heteroatoms. The van der Waals surface area contributed by atoms with Crippen LogP contribution in [0.3, 0.4) is 0 Å². The first kappa shape index (κ1) is 37.3. The zero-order valence-electron chi connectivity index (χ0n) is 28.6. The van der Waals surface area contributed by atoms with Crippen LogP contribution in [0.15, 0.2) is 91.1 Å². The fourth-order valence-electron chi connectivity index (χ4n) is 5.71. The number of hydrogen-bond donors (Lipinski definition) is 6. The first-order valence-electron chi connectivity index (χ1n) is 16.8. The van der Waals surface area contributed by atoms with Crippen molar-refractivity contribution < 1.29 is 29.1 Å². The Balaban J connectivity index is 1.49. The summed E-state index contributed by atoms with van der Waals surface area (Å²) in [5, 5.41) is 21.6. The van der Waals surface area contributed by atoms with Crippen LogP contribution in [-0.4, -0.2) is 82.3 Å². The number of nitrogens with zero attached hydrogens (tertiary/aromatic N) is 1. The number of likely N-dealkylation sites (N-methyl/N-ethyl adjacent to an activating group) is 1. The van der Waals surface area contributed by atoms with Crippen molar-refractivity contribution in [3.8, 4) is 0 Å². The Kier molecular flexibility index (Phi) is 13.7. The highest BCUT2D eigenvalue weighted by Gasteiger charge is 2.30. The van der Waals surface area contributed by atoms with Crippen LogP contribution in [0.4, 0.5) is 0 Å². The average Bonchev–Trinajstić information content (AvgIpc) is 3.54. The summed E-state index contributed by atoms with van der Waals surface area (Å²) in [6, 6.07) is 23.3. The number of benzene rings is 3. The minimum absolute atomic E-state index is 0.214. The number of amides is 5. The number of aliphatic hydroxyl groups is 1. The van der Waals surface area contributed by atoms with Crippen molar-refractivity contribution in [2.75, 3.05) is 13.6 Å². The monoisotopic (exact) mass is 682 g/mol. The summed E-state index contributed by atoms with van der Waals surface area (Å²) < 4.78 is 0. The normalized spacial score (nSPS) is 13.4. The molecule has 4 rings (SSSR count). The van der Waals surface area contributed by atoms with E-state index in [2.05, 4.69) is 26.3 Å². The Morgan fingerprint density at radius 2 is 1.42 bits per heavy atom. The predicted molar refractivity (Wildman–Crippen MR) is 191 cm³/mol. The fourth-order valence-corrected chi connectivity index (χ4v) is 5.71. The number of nitrogens with one attached hydrogen (secondary N) is 5. The van der Waals surface area contributed by atoms with Gasteiger partial charge in [0.1, 0.15) is 18.1 Å². The van der Waals surface area contributed by atoms with Gasteiger partial charge < -0.3 is 36.3 Å². The second kappa shape index (κ2) is 18.3. The predicted octanol–water partition coefficient (Wildman–Crippen LogP) is 2.82. The van der Waals surface area contributed by atoms with Crippen molar-refractivity contribution in [3.63, 3.8) is 0 Å². The van der Waals surface area contributed by atoms with Gasteiger partial charge in [-0.2, -0.15) is 0 Å². The summed E-state index contributed by atoms with van der Waals surface area (Å²) >= 11 is 0. The van der Waals surface area contributed by atoms with E-state index >= 15 is 0 Å². The summed E-state index contributed by atoms with van der Waals surface area (Å²) in [6.07, 6.45) is 1.84. The molecule has 4 aromatic rings. The van der Waals surface area contributed by atoms with Crippen molar-refractivity contribution in [2.24, 2.45) is 0 Å². The van der Waals surface area contributed by atoms with Gasteiger partial charge in [0.05, 0.1) is 11.7 Å². The van der Waals surface area contributed by atoms with Crippen molar-refractivity contribution in [1.29, 1.82) is 0 Å². The lowest BCUT2D eigenvalue weighted by Crippen LogP contribution is -2.54.